The number of hydrogen-bond acceptors (Lipinski definition) is 4. The van der Waals surface area contributed by atoms with E-state index in [2.05, 4.69) is 12.2 Å². The summed E-state index contributed by atoms with van der Waals surface area (Å²) in [5.41, 5.74) is 0. The molecule has 0 aliphatic carbocycles. The molecule has 2 rings (SSSR count). The minimum atomic E-state index is -3.39. The molecule has 1 N–H and O–H groups in total. The summed E-state index contributed by atoms with van der Waals surface area (Å²) in [5, 5.41) is 3.22. The average Bonchev–Trinajstić information content (AvgIpc) is 2.82. The van der Waals surface area contributed by atoms with Crippen LogP contribution in [0.5, 0.6) is 0 Å². The molecule has 1 fully saturated rings. The predicted molar refractivity (Wildman–Crippen MR) is 78.1 cm³/mol. The largest absolute Gasteiger partial charge is 0.464 e. The highest BCUT2D eigenvalue weighted by Crippen LogP contribution is 2.25. The van der Waals surface area contributed by atoms with Crippen LogP contribution in [0.4, 0.5) is 0 Å². The van der Waals surface area contributed by atoms with Gasteiger partial charge in [-0.3, -0.25) is 0 Å². The summed E-state index contributed by atoms with van der Waals surface area (Å²) in [5.74, 6) is 1.18. The SMILES string of the molecule is CCCNCc1cc(S(=O)(=O)N2CCCCC2)c(C)o1. The van der Waals surface area contributed by atoms with Crippen LogP contribution in [0.15, 0.2) is 15.4 Å². The van der Waals surface area contributed by atoms with Gasteiger partial charge in [0.05, 0.1) is 6.54 Å². The van der Waals surface area contributed by atoms with E-state index in [0.29, 0.717) is 36.1 Å². The van der Waals surface area contributed by atoms with Gasteiger partial charge in [0.2, 0.25) is 10.0 Å². The average molecular weight is 300 g/mol. The maximum atomic E-state index is 12.6. The molecule has 2 heterocycles. The number of nitrogens with zero attached hydrogens (tertiary/aromatic N) is 1. The van der Waals surface area contributed by atoms with E-state index in [1.165, 1.54) is 0 Å². The van der Waals surface area contributed by atoms with E-state index >= 15 is 0 Å². The Balaban J connectivity index is 2.14. The molecule has 1 aromatic heterocycles. The number of aryl methyl sites for hydroxylation is 1. The third-order valence-electron chi connectivity index (χ3n) is 3.58. The molecule has 1 aromatic rings. The lowest BCUT2D eigenvalue weighted by atomic mass is 10.2. The van der Waals surface area contributed by atoms with Crippen LogP contribution >= 0.6 is 0 Å². The van der Waals surface area contributed by atoms with Gasteiger partial charge in [0.1, 0.15) is 16.4 Å². The zero-order chi connectivity index (χ0) is 14.6. The molecule has 5 nitrogen and oxygen atoms in total. The van der Waals surface area contributed by atoms with Crippen molar-refractivity contribution in [3.05, 3.63) is 17.6 Å². The maximum Gasteiger partial charge on any atom is 0.246 e. The molecule has 0 atom stereocenters. The molecule has 0 radical (unpaired) electrons. The van der Waals surface area contributed by atoms with Gasteiger partial charge in [0.25, 0.3) is 0 Å². The summed E-state index contributed by atoms with van der Waals surface area (Å²) in [6, 6.07) is 1.67. The first-order chi connectivity index (χ1) is 9.55. The first-order valence-electron chi connectivity index (χ1n) is 7.36. The van der Waals surface area contributed by atoms with Crippen molar-refractivity contribution in [2.45, 2.75) is 51.0 Å². The number of hydrogen-bond donors (Lipinski definition) is 1. The lowest BCUT2D eigenvalue weighted by Crippen LogP contribution is -2.35. The van der Waals surface area contributed by atoms with Gasteiger partial charge in [-0.1, -0.05) is 13.3 Å². The monoisotopic (exact) mass is 300 g/mol. The Hall–Kier alpha value is -0.850. The Morgan fingerprint density at radius 2 is 2.00 bits per heavy atom. The van der Waals surface area contributed by atoms with Crippen LogP contribution in [0.3, 0.4) is 0 Å². The molecule has 0 bridgehead atoms. The number of sulfonamides is 1. The molecule has 0 spiro atoms. The minimum Gasteiger partial charge on any atom is -0.464 e. The van der Waals surface area contributed by atoms with E-state index in [9.17, 15) is 8.42 Å². The fourth-order valence-corrected chi connectivity index (χ4v) is 4.20. The van der Waals surface area contributed by atoms with Crippen molar-refractivity contribution in [3.8, 4) is 0 Å². The first-order valence-corrected chi connectivity index (χ1v) is 8.80. The molecule has 1 saturated heterocycles. The molecule has 0 aromatic carbocycles. The first kappa shape index (κ1) is 15.5. The van der Waals surface area contributed by atoms with Crippen molar-refractivity contribution in [1.29, 1.82) is 0 Å². The smallest absolute Gasteiger partial charge is 0.246 e. The summed E-state index contributed by atoms with van der Waals surface area (Å²) < 4.78 is 32.3. The molecule has 1 aliphatic rings. The molecule has 20 heavy (non-hydrogen) atoms. The number of rotatable bonds is 6. The zero-order valence-electron chi connectivity index (χ0n) is 12.3. The molecule has 0 unspecified atom stereocenters. The second-order valence-electron chi connectivity index (χ2n) is 5.27. The van der Waals surface area contributed by atoms with Crippen LogP contribution in [-0.4, -0.2) is 32.4 Å². The van der Waals surface area contributed by atoms with Gasteiger partial charge >= 0.3 is 0 Å². The Kier molecular flexibility index (Phi) is 5.23. The van der Waals surface area contributed by atoms with E-state index < -0.39 is 10.0 Å². The van der Waals surface area contributed by atoms with E-state index in [-0.39, 0.29) is 0 Å². The Morgan fingerprint density at radius 3 is 2.65 bits per heavy atom. The van der Waals surface area contributed by atoms with Gasteiger partial charge in [-0.15, -0.1) is 0 Å². The summed E-state index contributed by atoms with van der Waals surface area (Å²) >= 11 is 0. The lowest BCUT2D eigenvalue weighted by molar-refractivity contribution is 0.346. The molecule has 0 amide bonds. The lowest BCUT2D eigenvalue weighted by Gasteiger charge is -2.25. The molecular formula is C14H24N2O3S. The second-order valence-corrected chi connectivity index (χ2v) is 7.18. The third kappa shape index (κ3) is 3.42. The van der Waals surface area contributed by atoms with Crippen molar-refractivity contribution in [1.82, 2.24) is 9.62 Å². The van der Waals surface area contributed by atoms with Gasteiger partial charge < -0.3 is 9.73 Å². The summed E-state index contributed by atoms with van der Waals surface area (Å²) in [6.45, 7) is 6.53. The Bertz CT molecular complexity index is 531. The van der Waals surface area contributed by atoms with E-state index in [1.807, 2.05) is 0 Å². The standard InChI is InChI=1S/C14H24N2O3S/c1-3-7-15-11-13-10-14(12(2)19-13)20(17,18)16-8-5-4-6-9-16/h10,15H,3-9,11H2,1-2H3. The molecule has 6 heteroatoms. The highest BCUT2D eigenvalue weighted by molar-refractivity contribution is 7.89. The fourth-order valence-electron chi connectivity index (χ4n) is 2.50. The summed E-state index contributed by atoms with van der Waals surface area (Å²) in [4.78, 5) is 0.327. The topological polar surface area (TPSA) is 62.6 Å². The highest BCUT2D eigenvalue weighted by atomic mass is 32.2. The Labute approximate surface area is 121 Å². The third-order valence-corrected chi connectivity index (χ3v) is 5.59. The predicted octanol–water partition coefficient (Wildman–Crippen LogP) is 2.26. The van der Waals surface area contributed by atoms with Gasteiger partial charge in [0, 0.05) is 19.2 Å². The summed E-state index contributed by atoms with van der Waals surface area (Å²) in [6.07, 6.45) is 4.04. The van der Waals surface area contributed by atoms with Gasteiger partial charge in [-0.05, 0) is 32.7 Å². The van der Waals surface area contributed by atoms with Crippen LogP contribution in [0.2, 0.25) is 0 Å². The summed E-state index contributed by atoms with van der Waals surface area (Å²) in [7, 11) is -3.39. The van der Waals surface area contributed by atoms with E-state index in [4.69, 9.17) is 4.42 Å². The quantitative estimate of drug-likeness (QED) is 0.819. The van der Waals surface area contributed by atoms with Crippen LogP contribution < -0.4 is 5.32 Å². The second kappa shape index (κ2) is 6.74. The van der Waals surface area contributed by atoms with Crippen molar-refractivity contribution in [3.63, 3.8) is 0 Å². The van der Waals surface area contributed by atoms with Crippen LogP contribution in [0, 0.1) is 6.92 Å². The molecule has 1 aliphatic heterocycles. The van der Waals surface area contributed by atoms with Crippen LogP contribution in [0.25, 0.3) is 0 Å². The van der Waals surface area contributed by atoms with Gasteiger partial charge in [-0.2, -0.15) is 4.31 Å². The molecule has 0 saturated carbocycles. The van der Waals surface area contributed by atoms with Crippen LogP contribution in [0.1, 0.15) is 44.1 Å². The highest BCUT2D eigenvalue weighted by Gasteiger charge is 2.29. The zero-order valence-corrected chi connectivity index (χ0v) is 13.1. The van der Waals surface area contributed by atoms with Crippen molar-refractivity contribution >= 4 is 10.0 Å². The molecular weight excluding hydrogens is 276 g/mol. The van der Waals surface area contributed by atoms with Crippen molar-refractivity contribution < 1.29 is 12.8 Å². The molecule has 114 valence electrons. The van der Waals surface area contributed by atoms with Crippen LogP contribution in [-0.2, 0) is 16.6 Å². The van der Waals surface area contributed by atoms with Gasteiger partial charge in [-0.25, -0.2) is 8.42 Å². The number of nitrogens with one attached hydrogen (secondary N) is 1. The maximum absolute atomic E-state index is 12.6. The fraction of sp³-hybridized carbons (Fsp3) is 0.714. The Morgan fingerprint density at radius 1 is 1.30 bits per heavy atom. The van der Waals surface area contributed by atoms with Crippen molar-refractivity contribution in [2.75, 3.05) is 19.6 Å². The van der Waals surface area contributed by atoms with Crippen molar-refractivity contribution in [2.24, 2.45) is 0 Å². The van der Waals surface area contributed by atoms with Gasteiger partial charge in [0.15, 0.2) is 0 Å². The minimum absolute atomic E-state index is 0.327. The number of piperidine rings is 1. The van der Waals surface area contributed by atoms with E-state index in [1.54, 1.807) is 17.3 Å². The van der Waals surface area contributed by atoms with E-state index in [0.717, 1.165) is 32.2 Å². The normalized spacial score (nSPS) is 17.5. The number of furan rings is 1.